The number of amides is 1. The maximum absolute atomic E-state index is 10.4. The number of hydrogen-bond donors (Lipinski definition) is 1. The minimum atomic E-state index is -0.395. The van der Waals surface area contributed by atoms with Crippen LogP contribution < -0.4 is 5.73 Å². The number of primary amides is 1. The molecule has 0 aliphatic heterocycles. The molecule has 4 nitrogen and oxygen atoms in total. The Morgan fingerprint density at radius 3 is 2.40 bits per heavy atom. The Morgan fingerprint density at radius 2 is 2.10 bits per heavy atom. The van der Waals surface area contributed by atoms with Crippen LogP contribution in [0.1, 0.15) is 20.3 Å². The number of carbonyl (C=O) groups is 1. The second-order valence-electron chi connectivity index (χ2n) is 3.09. The van der Waals surface area contributed by atoms with Crippen LogP contribution in [0, 0.1) is 10.3 Å². The third-order valence-corrected chi connectivity index (χ3v) is 1.15. The summed E-state index contributed by atoms with van der Waals surface area (Å²) in [6.07, 6.45) is 0.207. The number of rotatable bonds is 4. The predicted octanol–water partition coefficient (Wildman–Crippen LogP) is 0.654. The van der Waals surface area contributed by atoms with Gasteiger partial charge in [-0.15, -0.1) is 0 Å². The molecule has 1 amide bonds. The topological polar surface area (TPSA) is 72.5 Å². The highest BCUT2D eigenvalue weighted by molar-refractivity contribution is 5.74. The highest BCUT2D eigenvalue weighted by Gasteiger charge is 2.20. The summed E-state index contributed by atoms with van der Waals surface area (Å²) in [7, 11) is 0. The van der Waals surface area contributed by atoms with Gasteiger partial charge in [0.05, 0.1) is 6.54 Å². The summed E-state index contributed by atoms with van der Waals surface area (Å²) in [4.78, 5) is 20.2. The molecule has 0 aliphatic carbocycles. The van der Waals surface area contributed by atoms with E-state index in [-0.39, 0.29) is 18.4 Å². The molecule has 0 aromatic heterocycles. The fourth-order valence-corrected chi connectivity index (χ4v) is 0.702. The van der Waals surface area contributed by atoms with E-state index in [0.29, 0.717) is 0 Å². The SMILES string of the molecule is CC(C)(CN=O)CC(N)=O. The lowest BCUT2D eigenvalue weighted by Gasteiger charge is -2.17. The lowest BCUT2D eigenvalue weighted by molar-refractivity contribution is -0.119. The molecular weight excluding hydrogens is 132 g/mol. The van der Waals surface area contributed by atoms with Gasteiger partial charge in [-0.2, -0.15) is 4.91 Å². The molecule has 0 aliphatic rings. The van der Waals surface area contributed by atoms with Gasteiger partial charge in [0.25, 0.3) is 0 Å². The van der Waals surface area contributed by atoms with Crippen LogP contribution in [0.25, 0.3) is 0 Å². The number of nitroso groups, excluding NO2 is 1. The van der Waals surface area contributed by atoms with Gasteiger partial charge in [0.15, 0.2) is 0 Å². The Hall–Kier alpha value is -0.930. The second-order valence-corrected chi connectivity index (χ2v) is 3.09. The molecule has 0 aromatic rings. The molecule has 4 heteroatoms. The first kappa shape index (κ1) is 9.07. The zero-order valence-electron chi connectivity index (χ0n) is 6.26. The molecule has 0 saturated heterocycles. The Balaban J connectivity index is 3.85. The molecule has 0 saturated carbocycles. The van der Waals surface area contributed by atoms with Crippen LogP contribution in [-0.4, -0.2) is 12.5 Å². The van der Waals surface area contributed by atoms with Crippen LogP contribution in [0.4, 0.5) is 0 Å². The Labute approximate surface area is 59.8 Å². The van der Waals surface area contributed by atoms with E-state index in [2.05, 4.69) is 5.18 Å². The maximum atomic E-state index is 10.4. The second kappa shape index (κ2) is 3.29. The van der Waals surface area contributed by atoms with Crippen molar-refractivity contribution >= 4 is 5.91 Å². The highest BCUT2D eigenvalue weighted by atomic mass is 16.3. The van der Waals surface area contributed by atoms with Crippen molar-refractivity contribution in [2.24, 2.45) is 16.3 Å². The average Bonchev–Trinajstić information content (AvgIpc) is 1.59. The van der Waals surface area contributed by atoms with Crippen molar-refractivity contribution in [3.05, 3.63) is 4.91 Å². The van der Waals surface area contributed by atoms with Crippen molar-refractivity contribution < 1.29 is 4.79 Å². The largest absolute Gasteiger partial charge is 0.370 e. The van der Waals surface area contributed by atoms with Gasteiger partial charge in [-0.05, 0) is 5.41 Å². The zero-order chi connectivity index (χ0) is 8.20. The summed E-state index contributed by atoms with van der Waals surface area (Å²) in [5.41, 5.74) is 4.54. The van der Waals surface area contributed by atoms with Crippen molar-refractivity contribution in [2.75, 3.05) is 6.54 Å². The van der Waals surface area contributed by atoms with E-state index in [1.165, 1.54) is 0 Å². The highest BCUT2D eigenvalue weighted by Crippen LogP contribution is 2.19. The summed E-state index contributed by atoms with van der Waals surface area (Å²) in [6.45, 7) is 3.69. The maximum Gasteiger partial charge on any atom is 0.218 e. The Bertz CT molecular complexity index is 143. The first-order valence-electron chi connectivity index (χ1n) is 3.05. The van der Waals surface area contributed by atoms with Crippen molar-refractivity contribution in [3.8, 4) is 0 Å². The number of carbonyl (C=O) groups excluding carboxylic acids is 1. The Morgan fingerprint density at radius 1 is 1.60 bits per heavy atom. The molecule has 0 fully saturated rings. The summed E-state index contributed by atoms with van der Waals surface area (Å²) >= 11 is 0. The number of hydrogen-bond acceptors (Lipinski definition) is 3. The average molecular weight is 144 g/mol. The van der Waals surface area contributed by atoms with Crippen LogP contribution in [0.15, 0.2) is 5.18 Å². The number of nitrogens with two attached hydrogens (primary N) is 1. The molecule has 0 bridgehead atoms. The minimum Gasteiger partial charge on any atom is -0.370 e. The van der Waals surface area contributed by atoms with Gasteiger partial charge in [0.2, 0.25) is 5.91 Å². The molecule has 0 unspecified atom stereocenters. The van der Waals surface area contributed by atoms with Gasteiger partial charge < -0.3 is 5.73 Å². The van der Waals surface area contributed by atoms with E-state index in [1.807, 2.05) is 0 Å². The van der Waals surface area contributed by atoms with Gasteiger partial charge >= 0.3 is 0 Å². The van der Waals surface area contributed by atoms with E-state index in [9.17, 15) is 9.70 Å². The number of nitrogens with zero attached hydrogens (tertiary/aromatic N) is 1. The van der Waals surface area contributed by atoms with Crippen molar-refractivity contribution in [1.29, 1.82) is 0 Å². The molecule has 2 N–H and O–H groups in total. The third kappa shape index (κ3) is 4.00. The molecule has 0 aromatic carbocycles. The molecule has 0 spiro atoms. The summed E-state index contributed by atoms with van der Waals surface area (Å²) in [5.74, 6) is -0.395. The monoisotopic (exact) mass is 144 g/mol. The molecular formula is C6H12N2O2. The molecule has 0 atom stereocenters. The molecule has 58 valence electrons. The fraction of sp³-hybridized carbons (Fsp3) is 0.833. The van der Waals surface area contributed by atoms with Crippen LogP contribution in [0.3, 0.4) is 0 Å². The van der Waals surface area contributed by atoms with Gasteiger partial charge in [-0.3, -0.25) is 4.79 Å². The fourth-order valence-electron chi connectivity index (χ4n) is 0.702. The van der Waals surface area contributed by atoms with Crippen LogP contribution >= 0.6 is 0 Å². The van der Waals surface area contributed by atoms with E-state index in [4.69, 9.17) is 5.73 Å². The first-order valence-corrected chi connectivity index (χ1v) is 3.05. The van der Waals surface area contributed by atoms with Gasteiger partial charge in [-0.25, -0.2) is 0 Å². The van der Waals surface area contributed by atoms with E-state index in [1.54, 1.807) is 13.8 Å². The van der Waals surface area contributed by atoms with Crippen molar-refractivity contribution in [2.45, 2.75) is 20.3 Å². The first-order chi connectivity index (χ1) is 4.48. The van der Waals surface area contributed by atoms with Crippen molar-refractivity contribution in [1.82, 2.24) is 0 Å². The summed E-state index contributed by atoms with van der Waals surface area (Å²) in [5, 5.41) is 2.70. The zero-order valence-corrected chi connectivity index (χ0v) is 6.26. The normalized spacial score (nSPS) is 11.0. The summed E-state index contributed by atoms with van der Waals surface area (Å²) < 4.78 is 0. The Kier molecular flexibility index (Phi) is 2.99. The van der Waals surface area contributed by atoms with Crippen LogP contribution in [0.2, 0.25) is 0 Å². The van der Waals surface area contributed by atoms with Crippen LogP contribution in [-0.2, 0) is 4.79 Å². The quantitative estimate of drug-likeness (QED) is 0.588. The minimum absolute atomic E-state index is 0.135. The van der Waals surface area contributed by atoms with E-state index >= 15 is 0 Å². The van der Waals surface area contributed by atoms with Gasteiger partial charge in [0, 0.05) is 6.42 Å². The molecule has 0 heterocycles. The lowest BCUT2D eigenvalue weighted by Crippen LogP contribution is -2.24. The van der Waals surface area contributed by atoms with Crippen LogP contribution in [0.5, 0.6) is 0 Å². The third-order valence-electron chi connectivity index (χ3n) is 1.15. The van der Waals surface area contributed by atoms with Gasteiger partial charge in [-0.1, -0.05) is 19.0 Å². The smallest absolute Gasteiger partial charge is 0.218 e. The van der Waals surface area contributed by atoms with Gasteiger partial charge in [0.1, 0.15) is 0 Å². The predicted molar refractivity (Wildman–Crippen MR) is 38.3 cm³/mol. The standard InChI is InChI=1S/C6H12N2O2/c1-6(2,4-8-10)3-5(7)9/h3-4H2,1-2H3,(H2,7,9). The lowest BCUT2D eigenvalue weighted by atomic mass is 9.89. The molecule has 0 radical (unpaired) electrons. The molecule has 10 heavy (non-hydrogen) atoms. The van der Waals surface area contributed by atoms with E-state index in [0.717, 1.165) is 0 Å². The molecule has 0 rings (SSSR count). The van der Waals surface area contributed by atoms with Crippen molar-refractivity contribution in [3.63, 3.8) is 0 Å². The van der Waals surface area contributed by atoms with E-state index < -0.39 is 5.91 Å². The summed E-state index contributed by atoms with van der Waals surface area (Å²) in [6, 6.07) is 0.